The molecule has 0 aliphatic carbocycles. The van der Waals surface area contributed by atoms with Crippen LogP contribution in [0.4, 0.5) is 4.79 Å². The van der Waals surface area contributed by atoms with Crippen LogP contribution in [0.15, 0.2) is 18.2 Å². The van der Waals surface area contributed by atoms with Gasteiger partial charge in [0.05, 0.1) is 17.8 Å². The first-order valence-electron chi connectivity index (χ1n) is 12.0. The highest BCUT2D eigenvalue weighted by molar-refractivity contribution is 5.83. The molecule has 1 aliphatic rings. The smallest absolute Gasteiger partial charge is 0.407 e. The third kappa shape index (κ3) is 7.61. The van der Waals surface area contributed by atoms with Crippen molar-refractivity contribution in [3.63, 3.8) is 0 Å². The number of likely N-dealkylation sites (N-methyl/N-ethyl adjacent to an activating group) is 1. The minimum Gasteiger partial charge on any atom is -0.493 e. The number of ether oxygens (including phenoxy) is 3. The summed E-state index contributed by atoms with van der Waals surface area (Å²) in [5, 5.41) is 8.86. The van der Waals surface area contributed by atoms with Crippen LogP contribution in [0.3, 0.4) is 0 Å². The van der Waals surface area contributed by atoms with E-state index >= 15 is 0 Å². The van der Waals surface area contributed by atoms with Gasteiger partial charge < -0.3 is 19.5 Å². The van der Waals surface area contributed by atoms with Crippen molar-refractivity contribution in [1.82, 2.24) is 20.0 Å². The molecule has 0 spiro atoms. The summed E-state index contributed by atoms with van der Waals surface area (Å²) in [6.45, 7) is 13.1. The zero-order chi connectivity index (χ0) is 24.0. The van der Waals surface area contributed by atoms with Crippen molar-refractivity contribution in [3.05, 3.63) is 23.9 Å². The molecule has 1 aromatic carbocycles. The fraction of sp³-hybridized carbons (Fsp3) is 0.680. The SMILES string of the molecule is CC(C)COc1ccc2c(c1)c(CN(C)CCNC(=O)OC(C)(C)C)nn2C1CCCCO1. The quantitative estimate of drug-likeness (QED) is 0.583. The van der Waals surface area contributed by atoms with E-state index in [-0.39, 0.29) is 6.23 Å². The van der Waals surface area contributed by atoms with Crippen LogP contribution in [0.25, 0.3) is 10.9 Å². The maximum absolute atomic E-state index is 11.9. The van der Waals surface area contributed by atoms with Crippen molar-refractivity contribution in [1.29, 1.82) is 0 Å². The fourth-order valence-corrected chi connectivity index (χ4v) is 3.79. The van der Waals surface area contributed by atoms with Gasteiger partial charge in [0.15, 0.2) is 6.23 Å². The molecule has 1 aliphatic heterocycles. The number of benzene rings is 1. The number of nitrogens with one attached hydrogen (secondary N) is 1. The molecule has 184 valence electrons. The Bertz CT molecular complexity index is 913. The second-order valence-corrected chi connectivity index (χ2v) is 10.3. The second kappa shape index (κ2) is 11.2. The Morgan fingerprint density at radius 3 is 2.79 bits per heavy atom. The third-order valence-electron chi connectivity index (χ3n) is 5.35. The van der Waals surface area contributed by atoms with E-state index < -0.39 is 11.7 Å². The van der Waals surface area contributed by atoms with Gasteiger partial charge in [-0.1, -0.05) is 13.8 Å². The Kier molecular flexibility index (Phi) is 8.59. The zero-order valence-corrected chi connectivity index (χ0v) is 21.0. The number of carbonyl (C=O) groups is 1. The molecule has 0 bridgehead atoms. The van der Waals surface area contributed by atoms with E-state index in [0.717, 1.165) is 48.2 Å². The maximum Gasteiger partial charge on any atom is 0.407 e. The number of hydrogen-bond donors (Lipinski definition) is 1. The van der Waals surface area contributed by atoms with E-state index in [1.807, 2.05) is 38.6 Å². The average Bonchev–Trinajstić information content (AvgIpc) is 3.09. The van der Waals surface area contributed by atoms with Gasteiger partial charge in [0.1, 0.15) is 11.4 Å². The summed E-state index contributed by atoms with van der Waals surface area (Å²) in [5.41, 5.74) is 1.54. The molecular formula is C25H40N4O4. The van der Waals surface area contributed by atoms with Gasteiger partial charge in [0.2, 0.25) is 0 Å². The van der Waals surface area contributed by atoms with Crippen LogP contribution >= 0.6 is 0 Å². The number of amides is 1. The van der Waals surface area contributed by atoms with E-state index in [2.05, 4.69) is 36.2 Å². The van der Waals surface area contributed by atoms with Crippen LogP contribution in [-0.2, 0) is 16.0 Å². The molecule has 8 nitrogen and oxygen atoms in total. The number of fused-ring (bicyclic) bond motifs is 1. The summed E-state index contributed by atoms with van der Waals surface area (Å²) in [6, 6.07) is 6.19. The lowest BCUT2D eigenvalue weighted by Crippen LogP contribution is -2.36. The first kappa shape index (κ1) is 25.3. The molecule has 1 fully saturated rings. The van der Waals surface area contributed by atoms with Crippen molar-refractivity contribution in [2.45, 2.75) is 72.3 Å². The molecule has 0 radical (unpaired) electrons. The first-order valence-corrected chi connectivity index (χ1v) is 12.0. The normalized spacial score (nSPS) is 17.0. The predicted molar refractivity (Wildman–Crippen MR) is 129 cm³/mol. The highest BCUT2D eigenvalue weighted by Crippen LogP contribution is 2.31. The second-order valence-electron chi connectivity index (χ2n) is 10.3. The zero-order valence-electron chi connectivity index (χ0n) is 21.0. The van der Waals surface area contributed by atoms with E-state index in [1.54, 1.807) is 0 Å². The van der Waals surface area contributed by atoms with E-state index in [4.69, 9.17) is 19.3 Å². The Morgan fingerprint density at radius 2 is 2.12 bits per heavy atom. The van der Waals surface area contributed by atoms with Gasteiger partial charge in [-0.2, -0.15) is 5.10 Å². The Balaban J connectivity index is 1.72. The fourth-order valence-electron chi connectivity index (χ4n) is 3.79. The van der Waals surface area contributed by atoms with Gasteiger partial charge in [0, 0.05) is 31.6 Å². The number of hydrogen-bond acceptors (Lipinski definition) is 6. The summed E-state index contributed by atoms with van der Waals surface area (Å²) in [6.07, 6.45) is 2.79. The van der Waals surface area contributed by atoms with Gasteiger partial charge in [-0.25, -0.2) is 9.48 Å². The van der Waals surface area contributed by atoms with Crippen LogP contribution in [0.1, 0.15) is 65.8 Å². The molecule has 1 saturated heterocycles. The van der Waals surface area contributed by atoms with Crippen molar-refractivity contribution < 1.29 is 19.0 Å². The van der Waals surface area contributed by atoms with Gasteiger partial charge in [0.25, 0.3) is 0 Å². The summed E-state index contributed by atoms with van der Waals surface area (Å²) >= 11 is 0. The molecule has 8 heteroatoms. The summed E-state index contributed by atoms with van der Waals surface area (Å²) < 4.78 is 19.3. The van der Waals surface area contributed by atoms with Gasteiger partial charge >= 0.3 is 6.09 Å². The predicted octanol–water partition coefficient (Wildman–Crippen LogP) is 4.73. The standard InChI is InChI=1S/C25H40N4O4/c1-18(2)17-32-19-10-11-22-20(15-19)21(27-29(22)23-9-7-8-14-31-23)16-28(6)13-12-26-24(30)33-25(3,4)5/h10-11,15,18,23H,7-9,12-14,16-17H2,1-6H3,(H,26,30). The maximum atomic E-state index is 11.9. The molecule has 1 atom stereocenters. The van der Waals surface area contributed by atoms with Crippen molar-refractivity contribution in [3.8, 4) is 5.75 Å². The first-order chi connectivity index (χ1) is 15.6. The minimum absolute atomic E-state index is 0.0310. The van der Waals surface area contributed by atoms with Crippen molar-refractivity contribution >= 4 is 17.0 Å². The molecule has 0 saturated carbocycles. The summed E-state index contributed by atoms with van der Waals surface area (Å²) in [5.74, 6) is 1.32. The average molecular weight is 461 g/mol. The lowest BCUT2D eigenvalue weighted by Gasteiger charge is -2.23. The van der Waals surface area contributed by atoms with Gasteiger partial charge in [-0.05, 0) is 71.2 Å². The van der Waals surface area contributed by atoms with Crippen LogP contribution in [0.5, 0.6) is 5.75 Å². The number of rotatable bonds is 9. The summed E-state index contributed by atoms with van der Waals surface area (Å²) in [7, 11) is 2.03. The molecule has 33 heavy (non-hydrogen) atoms. The largest absolute Gasteiger partial charge is 0.493 e. The molecule has 1 amide bonds. The highest BCUT2D eigenvalue weighted by Gasteiger charge is 2.22. The van der Waals surface area contributed by atoms with Gasteiger partial charge in [-0.15, -0.1) is 0 Å². The van der Waals surface area contributed by atoms with Crippen LogP contribution in [-0.4, -0.2) is 59.7 Å². The third-order valence-corrected chi connectivity index (χ3v) is 5.35. The number of nitrogens with zero attached hydrogens (tertiary/aromatic N) is 3. The molecular weight excluding hydrogens is 420 g/mol. The lowest BCUT2D eigenvalue weighted by molar-refractivity contribution is -0.0370. The topological polar surface area (TPSA) is 77.9 Å². The van der Waals surface area contributed by atoms with Crippen molar-refractivity contribution in [2.75, 3.05) is 33.4 Å². The molecule has 1 N–H and O–H groups in total. The Morgan fingerprint density at radius 1 is 1.33 bits per heavy atom. The van der Waals surface area contributed by atoms with E-state index in [9.17, 15) is 4.79 Å². The number of carbonyl (C=O) groups excluding carboxylic acids is 1. The van der Waals surface area contributed by atoms with Crippen LogP contribution in [0.2, 0.25) is 0 Å². The molecule has 1 unspecified atom stereocenters. The summed E-state index contributed by atoms with van der Waals surface area (Å²) in [4.78, 5) is 14.0. The van der Waals surface area contributed by atoms with Crippen LogP contribution < -0.4 is 10.1 Å². The molecule has 2 aromatic rings. The Hall–Kier alpha value is -2.32. The number of aromatic nitrogens is 2. The molecule has 2 heterocycles. The minimum atomic E-state index is -0.502. The van der Waals surface area contributed by atoms with Crippen molar-refractivity contribution in [2.24, 2.45) is 5.92 Å². The Labute approximate surface area is 197 Å². The van der Waals surface area contributed by atoms with Gasteiger partial charge in [-0.3, -0.25) is 4.90 Å². The molecule has 1 aromatic heterocycles. The van der Waals surface area contributed by atoms with Crippen LogP contribution in [0, 0.1) is 5.92 Å². The highest BCUT2D eigenvalue weighted by atomic mass is 16.6. The monoisotopic (exact) mass is 460 g/mol. The van der Waals surface area contributed by atoms with E-state index in [0.29, 0.717) is 32.2 Å². The lowest BCUT2D eigenvalue weighted by atomic mass is 10.1. The molecule has 3 rings (SSSR count). The van der Waals surface area contributed by atoms with E-state index in [1.165, 1.54) is 0 Å². The number of alkyl carbamates (subject to hydrolysis) is 1.